The molecule has 0 atom stereocenters. The smallest absolute Gasteiger partial charge is 0.237 e. The maximum Gasteiger partial charge on any atom is 0.237 e. The molecular weight excluding hydrogens is 238 g/mol. The first-order valence-electron chi connectivity index (χ1n) is 6.30. The second-order valence-electron chi connectivity index (χ2n) is 5.32. The van der Waals surface area contributed by atoms with Gasteiger partial charge in [-0.2, -0.15) is 0 Å². The number of nitrogens with two attached hydrogens (primary N) is 1. The quantitative estimate of drug-likeness (QED) is 0.879. The molecule has 19 heavy (non-hydrogen) atoms. The van der Waals surface area contributed by atoms with E-state index in [1.807, 2.05) is 25.1 Å². The first kappa shape index (κ1) is 13.5. The fraction of sp³-hybridized carbons (Fsp3) is 0.333. The van der Waals surface area contributed by atoms with Gasteiger partial charge in [0.05, 0.1) is 11.1 Å². The minimum Gasteiger partial charge on any atom is -0.368 e. The van der Waals surface area contributed by atoms with E-state index in [9.17, 15) is 4.79 Å². The number of aromatic nitrogens is 1. The van der Waals surface area contributed by atoms with Gasteiger partial charge in [-0.05, 0) is 44.5 Å². The molecule has 1 aromatic heterocycles. The average molecular weight is 257 g/mol. The van der Waals surface area contributed by atoms with E-state index < -0.39 is 5.54 Å². The van der Waals surface area contributed by atoms with Crippen LogP contribution in [0.2, 0.25) is 0 Å². The Bertz CT molecular complexity index is 620. The van der Waals surface area contributed by atoms with Gasteiger partial charge in [0.25, 0.3) is 0 Å². The lowest BCUT2D eigenvalue weighted by atomic mass is 10.0. The van der Waals surface area contributed by atoms with Crippen LogP contribution in [0.25, 0.3) is 10.9 Å². The van der Waals surface area contributed by atoms with Crippen LogP contribution in [-0.4, -0.2) is 16.4 Å². The number of hydrogen-bond acceptors (Lipinski definition) is 3. The van der Waals surface area contributed by atoms with E-state index in [0.717, 1.165) is 22.2 Å². The van der Waals surface area contributed by atoms with Crippen molar-refractivity contribution in [3.05, 3.63) is 41.6 Å². The lowest BCUT2D eigenvalue weighted by molar-refractivity contribution is -0.123. The second-order valence-corrected chi connectivity index (χ2v) is 5.32. The molecule has 0 radical (unpaired) electrons. The first-order valence-corrected chi connectivity index (χ1v) is 6.30. The minimum atomic E-state index is -0.708. The number of primary amides is 1. The van der Waals surface area contributed by atoms with E-state index in [0.29, 0.717) is 6.54 Å². The van der Waals surface area contributed by atoms with Crippen molar-refractivity contribution in [1.29, 1.82) is 0 Å². The van der Waals surface area contributed by atoms with Crippen molar-refractivity contribution in [3.63, 3.8) is 0 Å². The molecule has 0 fully saturated rings. The summed E-state index contributed by atoms with van der Waals surface area (Å²) in [5.74, 6) is -0.356. The van der Waals surface area contributed by atoms with Crippen molar-refractivity contribution < 1.29 is 4.79 Å². The molecule has 3 N–H and O–H groups in total. The highest BCUT2D eigenvalue weighted by atomic mass is 16.1. The van der Waals surface area contributed by atoms with Gasteiger partial charge in [-0.1, -0.05) is 12.1 Å². The zero-order chi connectivity index (χ0) is 14.0. The molecule has 4 nitrogen and oxygen atoms in total. The van der Waals surface area contributed by atoms with E-state index in [1.54, 1.807) is 13.8 Å². The van der Waals surface area contributed by atoms with Crippen LogP contribution in [0, 0.1) is 6.92 Å². The van der Waals surface area contributed by atoms with Crippen LogP contribution in [0.5, 0.6) is 0 Å². The predicted molar refractivity (Wildman–Crippen MR) is 76.6 cm³/mol. The number of amides is 1. The largest absolute Gasteiger partial charge is 0.368 e. The fourth-order valence-corrected chi connectivity index (χ4v) is 1.80. The SMILES string of the molecule is Cc1ccc2cc(CNC(C)(C)C(N)=O)ccc2n1. The Kier molecular flexibility index (Phi) is 3.53. The molecule has 1 heterocycles. The van der Waals surface area contributed by atoms with Gasteiger partial charge in [0.2, 0.25) is 5.91 Å². The highest BCUT2D eigenvalue weighted by molar-refractivity contribution is 5.83. The number of nitrogens with zero attached hydrogens (tertiary/aromatic N) is 1. The molecule has 0 aliphatic carbocycles. The average Bonchev–Trinajstić information content (AvgIpc) is 2.36. The third kappa shape index (κ3) is 3.09. The fourth-order valence-electron chi connectivity index (χ4n) is 1.80. The van der Waals surface area contributed by atoms with Crippen molar-refractivity contribution in [2.45, 2.75) is 32.9 Å². The summed E-state index contributed by atoms with van der Waals surface area (Å²) in [6.45, 7) is 6.13. The number of rotatable bonds is 4. The number of carbonyl (C=O) groups is 1. The summed E-state index contributed by atoms with van der Waals surface area (Å²) in [5, 5.41) is 4.25. The Morgan fingerprint density at radius 2 is 2.05 bits per heavy atom. The molecule has 2 aromatic rings. The Morgan fingerprint density at radius 1 is 1.32 bits per heavy atom. The number of aryl methyl sites for hydroxylation is 1. The molecule has 2 rings (SSSR count). The topological polar surface area (TPSA) is 68.0 Å². The van der Waals surface area contributed by atoms with E-state index >= 15 is 0 Å². The third-order valence-electron chi connectivity index (χ3n) is 3.24. The van der Waals surface area contributed by atoms with Crippen molar-refractivity contribution in [2.75, 3.05) is 0 Å². The van der Waals surface area contributed by atoms with Gasteiger partial charge in [-0.25, -0.2) is 0 Å². The molecule has 0 saturated heterocycles. The Balaban J connectivity index is 2.18. The molecule has 4 heteroatoms. The molecule has 0 saturated carbocycles. The Morgan fingerprint density at radius 3 is 2.74 bits per heavy atom. The Hall–Kier alpha value is -1.94. The highest BCUT2D eigenvalue weighted by Gasteiger charge is 2.23. The highest BCUT2D eigenvalue weighted by Crippen LogP contribution is 2.15. The summed E-state index contributed by atoms with van der Waals surface area (Å²) >= 11 is 0. The summed E-state index contributed by atoms with van der Waals surface area (Å²) < 4.78 is 0. The second kappa shape index (κ2) is 4.97. The monoisotopic (exact) mass is 257 g/mol. The summed E-state index contributed by atoms with van der Waals surface area (Å²) in [6, 6.07) is 10.1. The Labute approximate surface area is 113 Å². The van der Waals surface area contributed by atoms with Gasteiger partial charge in [0.15, 0.2) is 0 Å². The van der Waals surface area contributed by atoms with Crippen molar-refractivity contribution in [2.24, 2.45) is 5.73 Å². The molecular formula is C15H19N3O. The van der Waals surface area contributed by atoms with E-state index in [2.05, 4.69) is 22.4 Å². The third-order valence-corrected chi connectivity index (χ3v) is 3.24. The van der Waals surface area contributed by atoms with Crippen LogP contribution < -0.4 is 11.1 Å². The maximum absolute atomic E-state index is 11.2. The maximum atomic E-state index is 11.2. The van der Waals surface area contributed by atoms with Crippen LogP contribution in [0.4, 0.5) is 0 Å². The van der Waals surface area contributed by atoms with Gasteiger partial charge >= 0.3 is 0 Å². The van der Waals surface area contributed by atoms with Crippen molar-refractivity contribution >= 4 is 16.8 Å². The predicted octanol–water partition coefficient (Wildman–Crippen LogP) is 1.90. The van der Waals surface area contributed by atoms with Crippen LogP contribution in [-0.2, 0) is 11.3 Å². The normalized spacial score (nSPS) is 11.7. The molecule has 1 aromatic carbocycles. The van der Waals surface area contributed by atoms with Crippen LogP contribution in [0.15, 0.2) is 30.3 Å². The lowest BCUT2D eigenvalue weighted by Gasteiger charge is -2.22. The van der Waals surface area contributed by atoms with E-state index in [4.69, 9.17) is 5.73 Å². The molecule has 0 aliphatic rings. The van der Waals surface area contributed by atoms with Gasteiger partial charge in [0.1, 0.15) is 0 Å². The zero-order valence-electron chi connectivity index (χ0n) is 11.5. The molecule has 0 bridgehead atoms. The van der Waals surface area contributed by atoms with Crippen molar-refractivity contribution in [3.8, 4) is 0 Å². The lowest BCUT2D eigenvalue weighted by Crippen LogP contribution is -2.50. The summed E-state index contributed by atoms with van der Waals surface area (Å²) in [6.07, 6.45) is 0. The van der Waals surface area contributed by atoms with E-state index in [-0.39, 0.29) is 5.91 Å². The van der Waals surface area contributed by atoms with Crippen LogP contribution in [0.3, 0.4) is 0 Å². The molecule has 0 aliphatic heterocycles. The molecule has 100 valence electrons. The number of nitrogens with one attached hydrogen (secondary N) is 1. The van der Waals surface area contributed by atoms with Crippen molar-refractivity contribution in [1.82, 2.24) is 10.3 Å². The summed E-state index contributed by atoms with van der Waals surface area (Å²) in [5.41, 5.74) is 7.72. The van der Waals surface area contributed by atoms with Gasteiger partial charge in [-0.15, -0.1) is 0 Å². The van der Waals surface area contributed by atoms with Crippen LogP contribution >= 0.6 is 0 Å². The standard InChI is InChI=1S/C15H19N3O/c1-10-4-6-12-8-11(5-7-13(12)18-10)9-17-15(2,3)14(16)19/h4-8,17H,9H2,1-3H3,(H2,16,19). The molecule has 0 spiro atoms. The molecule has 0 unspecified atom stereocenters. The first-order chi connectivity index (χ1) is 8.88. The minimum absolute atomic E-state index is 0.356. The number of carbonyl (C=O) groups excluding carboxylic acids is 1. The molecule has 1 amide bonds. The zero-order valence-corrected chi connectivity index (χ0v) is 11.5. The number of hydrogen-bond donors (Lipinski definition) is 2. The van der Waals surface area contributed by atoms with Gasteiger partial charge in [0, 0.05) is 17.6 Å². The number of fused-ring (bicyclic) bond motifs is 1. The number of benzene rings is 1. The van der Waals surface area contributed by atoms with Crippen LogP contribution in [0.1, 0.15) is 25.1 Å². The van der Waals surface area contributed by atoms with Gasteiger partial charge in [-0.3, -0.25) is 15.1 Å². The summed E-state index contributed by atoms with van der Waals surface area (Å²) in [7, 11) is 0. The summed E-state index contributed by atoms with van der Waals surface area (Å²) in [4.78, 5) is 15.7. The van der Waals surface area contributed by atoms with E-state index in [1.165, 1.54) is 0 Å². The number of pyridine rings is 1. The van der Waals surface area contributed by atoms with Gasteiger partial charge < -0.3 is 5.73 Å².